The van der Waals surface area contributed by atoms with Gasteiger partial charge < -0.3 is 20.4 Å². The number of hydrogen-bond donors (Lipinski definition) is 3. The lowest BCUT2D eigenvalue weighted by Crippen LogP contribution is -2.14. The van der Waals surface area contributed by atoms with Crippen LogP contribution in [-0.4, -0.2) is 34.7 Å². The van der Waals surface area contributed by atoms with Crippen LogP contribution in [0.15, 0.2) is 66.9 Å². The SMILES string of the molecule is COc1ccc(C(=O)Nc2ccc(NCCc3c[nH]c4ccccc34)nn2)cc1. The Morgan fingerprint density at radius 3 is 2.52 bits per heavy atom. The molecule has 7 heteroatoms. The number of H-pyrrole nitrogens is 1. The average molecular weight is 387 g/mol. The molecular formula is C22H21N5O2. The van der Waals surface area contributed by atoms with E-state index < -0.39 is 0 Å². The van der Waals surface area contributed by atoms with Gasteiger partial charge in [-0.3, -0.25) is 4.79 Å². The highest BCUT2D eigenvalue weighted by Crippen LogP contribution is 2.18. The lowest BCUT2D eigenvalue weighted by Gasteiger charge is -2.07. The van der Waals surface area contributed by atoms with E-state index in [1.165, 1.54) is 10.9 Å². The summed E-state index contributed by atoms with van der Waals surface area (Å²) < 4.78 is 5.09. The number of aromatic nitrogens is 3. The van der Waals surface area contributed by atoms with Gasteiger partial charge in [-0.15, -0.1) is 10.2 Å². The van der Waals surface area contributed by atoms with E-state index in [0.717, 1.165) is 18.5 Å². The van der Waals surface area contributed by atoms with Gasteiger partial charge in [0.25, 0.3) is 5.91 Å². The number of nitrogens with one attached hydrogen (secondary N) is 3. The van der Waals surface area contributed by atoms with Crippen LogP contribution < -0.4 is 15.4 Å². The van der Waals surface area contributed by atoms with Gasteiger partial charge in [0.05, 0.1) is 7.11 Å². The largest absolute Gasteiger partial charge is 0.497 e. The van der Waals surface area contributed by atoms with Crippen molar-refractivity contribution in [1.82, 2.24) is 15.2 Å². The molecule has 0 unspecified atom stereocenters. The predicted molar refractivity (Wildman–Crippen MR) is 113 cm³/mol. The number of hydrogen-bond acceptors (Lipinski definition) is 5. The highest BCUT2D eigenvalue weighted by molar-refractivity contribution is 6.03. The van der Waals surface area contributed by atoms with Crippen LogP contribution in [0.5, 0.6) is 5.75 Å². The van der Waals surface area contributed by atoms with Crippen LogP contribution >= 0.6 is 0 Å². The zero-order chi connectivity index (χ0) is 20.1. The second kappa shape index (κ2) is 8.43. The van der Waals surface area contributed by atoms with E-state index >= 15 is 0 Å². The summed E-state index contributed by atoms with van der Waals surface area (Å²) in [6, 6.07) is 18.6. The summed E-state index contributed by atoms with van der Waals surface area (Å²) >= 11 is 0. The monoisotopic (exact) mass is 387 g/mol. The van der Waals surface area contributed by atoms with E-state index in [1.54, 1.807) is 43.5 Å². The Hall–Kier alpha value is -3.87. The second-order valence-electron chi connectivity index (χ2n) is 6.52. The molecule has 2 heterocycles. The lowest BCUT2D eigenvalue weighted by molar-refractivity contribution is 0.102. The van der Waals surface area contributed by atoms with E-state index in [4.69, 9.17) is 4.74 Å². The number of aromatic amines is 1. The molecule has 0 spiro atoms. The number of carbonyl (C=O) groups is 1. The molecule has 2 aromatic carbocycles. The molecular weight excluding hydrogens is 366 g/mol. The summed E-state index contributed by atoms with van der Waals surface area (Å²) in [6.45, 7) is 0.730. The standard InChI is InChI=1S/C22H21N5O2/c1-29-17-8-6-15(7-9-17)22(28)25-21-11-10-20(26-27-21)23-13-12-16-14-24-19-5-3-2-4-18(16)19/h2-11,14,24H,12-13H2,1H3,(H,23,26)(H,25,27,28). The summed E-state index contributed by atoms with van der Waals surface area (Å²) in [4.78, 5) is 15.6. The van der Waals surface area contributed by atoms with E-state index in [1.807, 2.05) is 18.3 Å². The molecule has 0 atom stereocenters. The van der Waals surface area contributed by atoms with E-state index in [0.29, 0.717) is 22.9 Å². The number of ether oxygens (including phenoxy) is 1. The van der Waals surface area contributed by atoms with Crippen molar-refractivity contribution in [2.45, 2.75) is 6.42 Å². The van der Waals surface area contributed by atoms with Gasteiger partial charge >= 0.3 is 0 Å². The van der Waals surface area contributed by atoms with Crippen molar-refractivity contribution in [3.05, 3.63) is 78.0 Å². The minimum absolute atomic E-state index is 0.248. The molecule has 1 amide bonds. The smallest absolute Gasteiger partial charge is 0.256 e. The van der Waals surface area contributed by atoms with Gasteiger partial charge in [-0.2, -0.15) is 0 Å². The number of benzene rings is 2. The van der Waals surface area contributed by atoms with Crippen LogP contribution in [0.25, 0.3) is 10.9 Å². The molecule has 0 saturated heterocycles. The third kappa shape index (κ3) is 4.35. The zero-order valence-electron chi connectivity index (χ0n) is 16.0. The summed E-state index contributed by atoms with van der Waals surface area (Å²) in [6.07, 6.45) is 2.90. The number of anilines is 2. The van der Waals surface area contributed by atoms with Crippen molar-refractivity contribution in [2.75, 3.05) is 24.3 Å². The Morgan fingerprint density at radius 1 is 1.00 bits per heavy atom. The fourth-order valence-electron chi connectivity index (χ4n) is 3.09. The van der Waals surface area contributed by atoms with Crippen LogP contribution in [0.2, 0.25) is 0 Å². The van der Waals surface area contributed by atoms with Crippen molar-refractivity contribution < 1.29 is 9.53 Å². The van der Waals surface area contributed by atoms with Crippen LogP contribution in [0.1, 0.15) is 15.9 Å². The van der Waals surface area contributed by atoms with Crippen LogP contribution in [0.3, 0.4) is 0 Å². The maximum atomic E-state index is 12.3. The normalized spacial score (nSPS) is 10.7. The third-order valence-corrected chi connectivity index (χ3v) is 4.63. The minimum atomic E-state index is -0.248. The zero-order valence-corrected chi connectivity index (χ0v) is 16.0. The number of carbonyl (C=O) groups excluding carboxylic acids is 1. The molecule has 146 valence electrons. The highest BCUT2D eigenvalue weighted by Gasteiger charge is 2.08. The molecule has 0 saturated carbocycles. The molecule has 0 bridgehead atoms. The summed E-state index contributed by atoms with van der Waals surface area (Å²) in [5.74, 6) is 1.51. The van der Waals surface area contributed by atoms with Gasteiger partial charge in [0, 0.05) is 29.2 Å². The van der Waals surface area contributed by atoms with Gasteiger partial charge in [0.15, 0.2) is 5.82 Å². The second-order valence-corrected chi connectivity index (χ2v) is 6.52. The van der Waals surface area contributed by atoms with Crippen LogP contribution in [-0.2, 0) is 6.42 Å². The lowest BCUT2D eigenvalue weighted by atomic mass is 10.1. The van der Waals surface area contributed by atoms with Crippen molar-refractivity contribution >= 4 is 28.4 Å². The van der Waals surface area contributed by atoms with Gasteiger partial charge in [-0.05, 0) is 54.4 Å². The maximum Gasteiger partial charge on any atom is 0.256 e. The third-order valence-electron chi connectivity index (χ3n) is 4.63. The number of fused-ring (bicyclic) bond motifs is 1. The Bertz CT molecular complexity index is 1100. The Labute approximate surface area is 168 Å². The molecule has 7 nitrogen and oxygen atoms in total. The van der Waals surface area contributed by atoms with Crippen molar-refractivity contribution in [3.8, 4) is 5.75 Å². The average Bonchev–Trinajstić information content (AvgIpc) is 3.18. The Morgan fingerprint density at radius 2 is 1.76 bits per heavy atom. The predicted octanol–water partition coefficient (Wildman–Crippen LogP) is 3.87. The van der Waals surface area contributed by atoms with E-state index in [2.05, 4.69) is 37.9 Å². The number of rotatable bonds is 7. The molecule has 0 aliphatic carbocycles. The number of amides is 1. The van der Waals surface area contributed by atoms with Gasteiger partial charge in [-0.1, -0.05) is 18.2 Å². The Balaban J connectivity index is 1.31. The van der Waals surface area contributed by atoms with Gasteiger partial charge in [-0.25, -0.2) is 0 Å². The number of methoxy groups -OCH3 is 1. The molecule has 0 aliphatic rings. The van der Waals surface area contributed by atoms with E-state index in [-0.39, 0.29) is 5.91 Å². The molecule has 4 rings (SSSR count). The topological polar surface area (TPSA) is 91.9 Å². The van der Waals surface area contributed by atoms with E-state index in [9.17, 15) is 4.79 Å². The first-order chi connectivity index (χ1) is 14.2. The minimum Gasteiger partial charge on any atom is -0.497 e. The fraction of sp³-hybridized carbons (Fsp3) is 0.136. The molecule has 0 aliphatic heterocycles. The van der Waals surface area contributed by atoms with Crippen molar-refractivity contribution in [2.24, 2.45) is 0 Å². The number of nitrogens with zero attached hydrogens (tertiary/aromatic N) is 2. The van der Waals surface area contributed by atoms with Crippen molar-refractivity contribution in [1.29, 1.82) is 0 Å². The van der Waals surface area contributed by atoms with Gasteiger partial charge in [0.1, 0.15) is 11.6 Å². The van der Waals surface area contributed by atoms with Crippen molar-refractivity contribution in [3.63, 3.8) is 0 Å². The highest BCUT2D eigenvalue weighted by atomic mass is 16.5. The van der Waals surface area contributed by atoms with Crippen LogP contribution in [0, 0.1) is 0 Å². The first-order valence-electron chi connectivity index (χ1n) is 9.31. The summed E-state index contributed by atoms with van der Waals surface area (Å²) in [5, 5.41) is 15.4. The molecule has 0 radical (unpaired) electrons. The van der Waals surface area contributed by atoms with Gasteiger partial charge in [0.2, 0.25) is 0 Å². The maximum absolute atomic E-state index is 12.3. The molecule has 4 aromatic rings. The number of para-hydroxylation sites is 1. The summed E-state index contributed by atoms with van der Waals surface area (Å²) in [5.41, 5.74) is 2.91. The fourth-order valence-corrected chi connectivity index (χ4v) is 3.09. The molecule has 0 fully saturated rings. The first-order valence-corrected chi connectivity index (χ1v) is 9.31. The Kier molecular flexibility index (Phi) is 5.38. The molecule has 2 aromatic heterocycles. The summed E-state index contributed by atoms with van der Waals surface area (Å²) in [7, 11) is 1.58. The first kappa shape index (κ1) is 18.5. The van der Waals surface area contributed by atoms with Crippen LogP contribution in [0.4, 0.5) is 11.6 Å². The molecule has 3 N–H and O–H groups in total. The quantitative estimate of drug-likeness (QED) is 0.448. The molecule has 29 heavy (non-hydrogen) atoms.